The minimum atomic E-state index is -3.42. The van der Waals surface area contributed by atoms with Crippen LogP contribution in [0.3, 0.4) is 0 Å². The minimum absolute atomic E-state index is 0.106. The van der Waals surface area contributed by atoms with E-state index in [4.69, 9.17) is 0 Å². The highest BCUT2D eigenvalue weighted by molar-refractivity contribution is 7.87. The normalized spacial score (nSPS) is 21.7. The van der Waals surface area contributed by atoms with Crippen LogP contribution in [0.15, 0.2) is 30.3 Å². The molecule has 1 saturated heterocycles. The van der Waals surface area contributed by atoms with E-state index in [9.17, 15) is 8.42 Å². The molecule has 2 N–H and O–H groups in total. The van der Waals surface area contributed by atoms with Gasteiger partial charge in [0.05, 0.1) is 0 Å². The van der Waals surface area contributed by atoms with Crippen molar-refractivity contribution >= 4 is 10.2 Å². The topological polar surface area (TPSA) is 61.4 Å². The standard InChI is InChI=1S/C17H27N3O2S/c21-23(22,19-16-10-4-5-11-16)18-14-17(20-12-6-7-13-20)15-8-2-1-3-9-15/h1-3,8-9,16-19H,4-7,10-14H2. The second-order valence-electron chi connectivity index (χ2n) is 6.62. The molecule has 1 aromatic carbocycles. The summed E-state index contributed by atoms with van der Waals surface area (Å²) in [6, 6.07) is 10.4. The molecule has 1 saturated carbocycles. The van der Waals surface area contributed by atoms with E-state index in [-0.39, 0.29) is 12.1 Å². The van der Waals surface area contributed by atoms with Crippen molar-refractivity contribution in [3.05, 3.63) is 35.9 Å². The van der Waals surface area contributed by atoms with Crippen LogP contribution in [0.4, 0.5) is 0 Å². The summed E-state index contributed by atoms with van der Waals surface area (Å²) >= 11 is 0. The third-order valence-electron chi connectivity index (χ3n) is 4.91. The molecule has 2 aliphatic rings. The van der Waals surface area contributed by atoms with Gasteiger partial charge in [0.2, 0.25) is 0 Å². The fourth-order valence-corrected chi connectivity index (χ4v) is 4.81. The van der Waals surface area contributed by atoms with Crippen LogP contribution < -0.4 is 9.44 Å². The number of nitrogens with one attached hydrogen (secondary N) is 2. The monoisotopic (exact) mass is 337 g/mol. The Bertz CT molecular complexity index is 579. The predicted octanol–water partition coefficient (Wildman–Crippen LogP) is 2.19. The maximum Gasteiger partial charge on any atom is 0.277 e. The third kappa shape index (κ3) is 4.76. The number of benzene rings is 1. The van der Waals surface area contributed by atoms with Crippen molar-refractivity contribution in [3.63, 3.8) is 0 Å². The first-order valence-electron chi connectivity index (χ1n) is 8.70. The van der Waals surface area contributed by atoms with E-state index in [0.29, 0.717) is 6.54 Å². The van der Waals surface area contributed by atoms with Crippen LogP contribution >= 0.6 is 0 Å². The molecule has 0 amide bonds. The molecule has 0 spiro atoms. The van der Waals surface area contributed by atoms with E-state index in [0.717, 1.165) is 38.8 Å². The summed E-state index contributed by atoms with van der Waals surface area (Å²) in [5.41, 5.74) is 1.18. The lowest BCUT2D eigenvalue weighted by molar-refractivity contribution is 0.246. The highest BCUT2D eigenvalue weighted by atomic mass is 32.2. The lowest BCUT2D eigenvalue weighted by atomic mass is 10.1. The van der Waals surface area contributed by atoms with Gasteiger partial charge >= 0.3 is 0 Å². The summed E-state index contributed by atoms with van der Waals surface area (Å²) in [5.74, 6) is 0. The molecular formula is C17H27N3O2S. The molecule has 1 atom stereocenters. The van der Waals surface area contributed by atoms with Crippen LogP contribution in [-0.2, 0) is 10.2 Å². The van der Waals surface area contributed by atoms with Gasteiger partial charge in [0.15, 0.2) is 0 Å². The molecule has 6 heteroatoms. The fourth-order valence-electron chi connectivity index (χ4n) is 3.68. The van der Waals surface area contributed by atoms with Gasteiger partial charge in [-0.25, -0.2) is 4.72 Å². The molecular weight excluding hydrogens is 310 g/mol. The maximum atomic E-state index is 12.3. The molecule has 1 heterocycles. The van der Waals surface area contributed by atoms with Crippen molar-refractivity contribution in [2.45, 2.75) is 50.6 Å². The van der Waals surface area contributed by atoms with Gasteiger partial charge < -0.3 is 0 Å². The van der Waals surface area contributed by atoms with Gasteiger partial charge in [0, 0.05) is 18.6 Å². The molecule has 3 rings (SSSR count). The predicted molar refractivity (Wildman–Crippen MR) is 92.3 cm³/mol. The first-order valence-corrected chi connectivity index (χ1v) is 10.2. The number of likely N-dealkylation sites (tertiary alicyclic amines) is 1. The van der Waals surface area contributed by atoms with Crippen LogP contribution in [0.1, 0.15) is 50.1 Å². The summed E-state index contributed by atoms with van der Waals surface area (Å²) in [5, 5.41) is 0. The highest BCUT2D eigenvalue weighted by Gasteiger charge is 2.26. The Morgan fingerprint density at radius 1 is 1.04 bits per heavy atom. The van der Waals surface area contributed by atoms with Crippen LogP contribution in [0, 0.1) is 0 Å². The van der Waals surface area contributed by atoms with Gasteiger partial charge in [-0.1, -0.05) is 43.2 Å². The molecule has 2 fully saturated rings. The molecule has 23 heavy (non-hydrogen) atoms. The molecule has 1 aliphatic carbocycles. The zero-order chi connectivity index (χ0) is 16.1. The van der Waals surface area contributed by atoms with E-state index >= 15 is 0 Å². The van der Waals surface area contributed by atoms with Gasteiger partial charge in [-0.05, 0) is 44.3 Å². The average Bonchev–Trinajstić information content (AvgIpc) is 3.22. The summed E-state index contributed by atoms with van der Waals surface area (Å²) in [4.78, 5) is 2.38. The third-order valence-corrected chi connectivity index (χ3v) is 6.10. The van der Waals surface area contributed by atoms with Gasteiger partial charge in [0.1, 0.15) is 0 Å². The number of nitrogens with zero attached hydrogens (tertiary/aromatic N) is 1. The molecule has 0 aromatic heterocycles. The van der Waals surface area contributed by atoms with E-state index in [1.165, 1.54) is 18.4 Å². The fraction of sp³-hybridized carbons (Fsp3) is 0.647. The number of hydrogen-bond acceptors (Lipinski definition) is 3. The molecule has 1 unspecified atom stereocenters. The Kier molecular flexibility index (Phi) is 5.69. The van der Waals surface area contributed by atoms with Crippen LogP contribution in [0.5, 0.6) is 0 Å². The number of hydrogen-bond donors (Lipinski definition) is 2. The Balaban J connectivity index is 1.63. The second-order valence-corrected chi connectivity index (χ2v) is 8.15. The summed E-state index contributed by atoms with van der Waals surface area (Å²) < 4.78 is 30.2. The quantitative estimate of drug-likeness (QED) is 0.802. The minimum Gasteiger partial charge on any atom is -0.295 e. The molecule has 128 valence electrons. The Hall–Kier alpha value is -0.950. The molecule has 0 radical (unpaired) electrons. The van der Waals surface area contributed by atoms with Gasteiger partial charge in [-0.2, -0.15) is 13.1 Å². The Labute approximate surface area is 139 Å². The van der Waals surface area contributed by atoms with Crippen molar-refractivity contribution in [3.8, 4) is 0 Å². The van der Waals surface area contributed by atoms with Crippen molar-refractivity contribution in [2.24, 2.45) is 0 Å². The van der Waals surface area contributed by atoms with Crippen molar-refractivity contribution < 1.29 is 8.42 Å². The second kappa shape index (κ2) is 7.75. The van der Waals surface area contributed by atoms with E-state index in [1.807, 2.05) is 18.2 Å². The summed E-state index contributed by atoms with van der Waals surface area (Å²) in [7, 11) is -3.42. The zero-order valence-corrected chi connectivity index (χ0v) is 14.4. The SMILES string of the molecule is O=S(=O)(NCC(c1ccccc1)N1CCCC1)NC1CCCC1. The Morgan fingerprint density at radius 2 is 1.70 bits per heavy atom. The van der Waals surface area contributed by atoms with Crippen molar-refractivity contribution in [2.75, 3.05) is 19.6 Å². The molecule has 0 bridgehead atoms. The lowest BCUT2D eigenvalue weighted by Crippen LogP contribution is -2.45. The Morgan fingerprint density at radius 3 is 2.35 bits per heavy atom. The van der Waals surface area contributed by atoms with Gasteiger partial charge in [-0.3, -0.25) is 4.90 Å². The lowest BCUT2D eigenvalue weighted by Gasteiger charge is -2.28. The molecule has 1 aromatic rings. The van der Waals surface area contributed by atoms with Crippen LogP contribution in [0.2, 0.25) is 0 Å². The van der Waals surface area contributed by atoms with Crippen LogP contribution in [0.25, 0.3) is 0 Å². The van der Waals surface area contributed by atoms with E-state index < -0.39 is 10.2 Å². The zero-order valence-electron chi connectivity index (χ0n) is 13.6. The van der Waals surface area contributed by atoms with Gasteiger partial charge in [-0.15, -0.1) is 0 Å². The highest BCUT2D eigenvalue weighted by Crippen LogP contribution is 2.24. The first-order chi connectivity index (χ1) is 11.1. The van der Waals surface area contributed by atoms with Crippen LogP contribution in [-0.4, -0.2) is 39.0 Å². The van der Waals surface area contributed by atoms with E-state index in [1.54, 1.807) is 0 Å². The van der Waals surface area contributed by atoms with Crippen molar-refractivity contribution in [1.82, 2.24) is 14.3 Å². The summed E-state index contributed by atoms with van der Waals surface area (Å²) in [6.07, 6.45) is 6.53. The largest absolute Gasteiger partial charge is 0.295 e. The summed E-state index contributed by atoms with van der Waals surface area (Å²) in [6.45, 7) is 2.50. The maximum absolute atomic E-state index is 12.3. The number of rotatable bonds is 7. The van der Waals surface area contributed by atoms with Crippen molar-refractivity contribution in [1.29, 1.82) is 0 Å². The first kappa shape index (κ1) is 16.9. The van der Waals surface area contributed by atoms with Gasteiger partial charge in [0.25, 0.3) is 10.2 Å². The molecule has 5 nitrogen and oxygen atoms in total. The molecule has 1 aliphatic heterocycles. The average molecular weight is 337 g/mol. The smallest absolute Gasteiger partial charge is 0.277 e. The van der Waals surface area contributed by atoms with E-state index in [2.05, 4.69) is 26.5 Å².